The second-order valence-electron chi connectivity index (χ2n) is 3.70. The molecular formula is C13H21FIN3OS. The second kappa shape index (κ2) is 12.2. The van der Waals surface area contributed by atoms with Gasteiger partial charge in [-0.15, -0.1) is 35.7 Å². The highest BCUT2D eigenvalue weighted by molar-refractivity contribution is 14.0. The number of ether oxygens (including phenoxy) is 1. The van der Waals surface area contributed by atoms with Gasteiger partial charge in [-0.05, 0) is 12.1 Å². The minimum absolute atomic E-state index is 0. The molecular weight excluding hydrogens is 392 g/mol. The summed E-state index contributed by atoms with van der Waals surface area (Å²) in [6.07, 6.45) is 0. The van der Waals surface area contributed by atoms with Crippen LogP contribution >= 0.6 is 35.7 Å². The van der Waals surface area contributed by atoms with Crippen molar-refractivity contribution < 1.29 is 9.13 Å². The third-order valence-electron chi connectivity index (χ3n) is 2.31. The van der Waals surface area contributed by atoms with Crippen LogP contribution in [0.25, 0.3) is 0 Å². The number of hydrogen-bond donors (Lipinski definition) is 2. The molecule has 0 aliphatic rings. The molecule has 1 aromatic carbocycles. The molecule has 0 unspecified atom stereocenters. The Bertz CT molecular complexity index is 407. The van der Waals surface area contributed by atoms with E-state index in [1.165, 1.54) is 17.8 Å². The molecule has 0 saturated carbocycles. The molecule has 0 fully saturated rings. The van der Waals surface area contributed by atoms with Crippen LogP contribution in [0, 0.1) is 5.82 Å². The van der Waals surface area contributed by atoms with Crippen LogP contribution < -0.4 is 10.6 Å². The Balaban J connectivity index is 0.00000361. The topological polar surface area (TPSA) is 45.7 Å². The molecule has 1 rings (SSSR count). The molecule has 0 aliphatic heterocycles. The minimum Gasteiger partial charge on any atom is -0.383 e. The Hall–Kier alpha value is -0.540. The summed E-state index contributed by atoms with van der Waals surface area (Å²) >= 11 is 1.48. The lowest BCUT2D eigenvalue weighted by Gasteiger charge is -2.11. The molecule has 0 heterocycles. The Kier molecular flexibility index (Phi) is 11.9. The van der Waals surface area contributed by atoms with Gasteiger partial charge in [-0.3, -0.25) is 4.99 Å². The van der Waals surface area contributed by atoms with Gasteiger partial charge in [-0.1, -0.05) is 12.1 Å². The Morgan fingerprint density at radius 2 is 2.00 bits per heavy atom. The van der Waals surface area contributed by atoms with Crippen molar-refractivity contribution in [1.29, 1.82) is 0 Å². The van der Waals surface area contributed by atoms with Crippen LogP contribution in [0.4, 0.5) is 4.39 Å². The zero-order valence-electron chi connectivity index (χ0n) is 11.7. The number of benzene rings is 1. The van der Waals surface area contributed by atoms with Gasteiger partial charge >= 0.3 is 0 Å². The first-order valence-corrected chi connectivity index (χ1v) is 7.07. The zero-order chi connectivity index (χ0) is 13.9. The van der Waals surface area contributed by atoms with Gasteiger partial charge in [0.15, 0.2) is 5.96 Å². The summed E-state index contributed by atoms with van der Waals surface area (Å²) in [5.74, 6) is 1.33. The number of guanidine groups is 1. The zero-order valence-corrected chi connectivity index (χ0v) is 14.8. The van der Waals surface area contributed by atoms with Crippen LogP contribution in [0.15, 0.2) is 34.2 Å². The second-order valence-corrected chi connectivity index (χ2v) is 4.83. The maximum Gasteiger partial charge on any atom is 0.191 e. The normalized spacial score (nSPS) is 10.8. The first-order chi connectivity index (χ1) is 9.27. The van der Waals surface area contributed by atoms with Gasteiger partial charge in [0.1, 0.15) is 5.82 Å². The van der Waals surface area contributed by atoms with Crippen molar-refractivity contribution in [1.82, 2.24) is 10.6 Å². The molecule has 0 radical (unpaired) electrons. The van der Waals surface area contributed by atoms with E-state index in [9.17, 15) is 4.39 Å². The monoisotopic (exact) mass is 413 g/mol. The summed E-state index contributed by atoms with van der Waals surface area (Å²) in [7, 11) is 3.37. The number of halogens is 2. The number of nitrogens with zero attached hydrogens (tertiary/aromatic N) is 1. The molecule has 0 aliphatic carbocycles. The number of nitrogens with one attached hydrogen (secondary N) is 2. The number of thioether (sulfide) groups is 1. The van der Waals surface area contributed by atoms with Gasteiger partial charge in [0.2, 0.25) is 0 Å². The summed E-state index contributed by atoms with van der Waals surface area (Å²) in [5, 5.41) is 6.27. The van der Waals surface area contributed by atoms with Crippen molar-refractivity contribution in [3.05, 3.63) is 30.1 Å². The predicted octanol–water partition coefficient (Wildman–Crippen LogP) is 2.35. The van der Waals surface area contributed by atoms with Crippen LogP contribution in [-0.4, -0.2) is 45.6 Å². The molecule has 7 heteroatoms. The highest BCUT2D eigenvalue weighted by atomic mass is 127. The lowest BCUT2D eigenvalue weighted by molar-refractivity contribution is 0.203. The Morgan fingerprint density at radius 3 is 2.65 bits per heavy atom. The lowest BCUT2D eigenvalue weighted by atomic mass is 10.3. The first-order valence-electron chi connectivity index (χ1n) is 6.08. The van der Waals surface area contributed by atoms with Gasteiger partial charge in [-0.25, -0.2) is 4.39 Å². The smallest absolute Gasteiger partial charge is 0.191 e. The van der Waals surface area contributed by atoms with Crippen LogP contribution in [0.2, 0.25) is 0 Å². The van der Waals surface area contributed by atoms with Gasteiger partial charge in [-0.2, -0.15) is 0 Å². The molecule has 0 bridgehead atoms. The number of rotatable bonds is 7. The molecule has 20 heavy (non-hydrogen) atoms. The van der Waals surface area contributed by atoms with Gasteiger partial charge < -0.3 is 15.4 Å². The van der Waals surface area contributed by atoms with Crippen molar-refractivity contribution in [3.63, 3.8) is 0 Å². The van der Waals surface area contributed by atoms with Gasteiger partial charge in [0, 0.05) is 37.9 Å². The van der Waals surface area contributed by atoms with E-state index in [0.717, 1.165) is 11.7 Å². The van der Waals surface area contributed by atoms with Crippen molar-refractivity contribution >= 4 is 41.7 Å². The van der Waals surface area contributed by atoms with E-state index in [1.807, 2.05) is 6.07 Å². The third-order valence-corrected chi connectivity index (χ3v) is 3.36. The van der Waals surface area contributed by atoms with Gasteiger partial charge in [0.05, 0.1) is 6.61 Å². The quantitative estimate of drug-likeness (QED) is 0.237. The SMILES string of the molecule is CN=C(NCCOC)NCCSc1ccccc1F.I. The van der Waals surface area contributed by atoms with E-state index in [-0.39, 0.29) is 29.8 Å². The van der Waals surface area contributed by atoms with Crippen LogP contribution in [0.5, 0.6) is 0 Å². The number of hydrogen-bond acceptors (Lipinski definition) is 3. The first kappa shape index (κ1) is 19.5. The lowest BCUT2D eigenvalue weighted by Crippen LogP contribution is -2.39. The number of aliphatic imine (C=N–C) groups is 1. The maximum atomic E-state index is 13.4. The summed E-state index contributed by atoms with van der Waals surface area (Å²) in [4.78, 5) is 4.75. The largest absolute Gasteiger partial charge is 0.383 e. The third kappa shape index (κ3) is 7.91. The van der Waals surface area contributed by atoms with Crippen molar-refractivity contribution in [3.8, 4) is 0 Å². The molecule has 4 nitrogen and oxygen atoms in total. The van der Waals surface area contributed by atoms with E-state index >= 15 is 0 Å². The fraction of sp³-hybridized carbons (Fsp3) is 0.462. The average molecular weight is 413 g/mol. The van der Waals surface area contributed by atoms with Crippen LogP contribution in [-0.2, 0) is 4.74 Å². The Labute approximate surface area is 141 Å². The maximum absolute atomic E-state index is 13.4. The predicted molar refractivity (Wildman–Crippen MR) is 93.8 cm³/mol. The van der Waals surface area contributed by atoms with E-state index in [2.05, 4.69) is 15.6 Å². The molecule has 2 N–H and O–H groups in total. The van der Waals surface area contributed by atoms with Gasteiger partial charge in [0.25, 0.3) is 0 Å². The molecule has 114 valence electrons. The summed E-state index contributed by atoms with van der Waals surface area (Å²) in [6, 6.07) is 6.79. The highest BCUT2D eigenvalue weighted by Gasteiger charge is 2.01. The van der Waals surface area contributed by atoms with Crippen molar-refractivity contribution in [2.24, 2.45) is 4.99 Å². The number of methoxy groups -OCH3 is 1. The molecule has 0 atom stereocenters. The van der Waals surface area contributed by atoms with E-state index < -0.39 is 0 Å². The fourth-order valence-electron chi connectivity index (χ4n) is 1.38. The molecule has 0 saturated heterocycles. The molecule has 0 aromatic heterocycles. The van der Waals surface area contributed by atoms with Crippen LogP contribution in [0.3, 0.4) is 0 Å². The minimum atomic E-state index is -0.171. The van der Waals surface area contributed by atoms with E-state index in [4.69, 9.17) is 4.74 Å². The molecule has 0 spiro atoms. The van der Waals surface area contributed by atoms with E-state index in [1.54, 1.807) is 26.3 Å². The fourth-order valence-corrected chi connectivity index (χ4v) is 2.19. The molecule has 1 aromatic rings. The standard InChI is InChI=1S/C13H20FN3OS.HI/c1-15-13(16-7-9-18-2)17-8-10-19-12-6-4-3-5-11(12)14;/h3-6H,7-10H2,1-2H3,(H2,15,16,17);1H. The summed E-state index contributed by atoms with van der Waals surface area (Å²) < 4.78 is 18.3. The molecule has 0 amide bonds. The van der Waals surface area contributed by atoms with Crippen LogP contribution in [0.1, 0.15) is 0 Å². The average Bonchev–Trinajstić information content (AvgIpc) is 2.43. The van der Waals surface area contributed by atoms with Crippen molar-refractivity contribution in [2.75, 3.05) is 39.6 Å². The Morgan fingerprint density at radius 1 is 1.30 bits per heavy atom. The summed E-state index contributed by atoms with van der Waals surface area (Å²) in [6.45, 7) is 2.05. The van der Waals surface area contributed by atoms with E-state index in [0.29, 0.717) is 24.6 Å². The van der Waals surface area contributed by atoms with Crippen molar-refractivity contribution in [2.45, 2.75) is 4.90 Å². The highest BCUT2D eigenvalue weighted by Crippen LogP contribution is 2.20. The summed E-state index contributed by atoms with van der Waals surface area (Å²) in [5.41, 5.74) is 0.